The van der Waals surface area contributed by atoms with Crippen molar-refractivity contribution in [3.05, 3.63) is 35.0 Å². The van der Waals surface area contributed by atoms with Gasteiger partial charge in [0.2, 0.25) is 5.91 Å². The highest BCUT2D eigenvalue weighted by Gasteiger charge is 2.13. The van der Waals surface area contributed by atoms with Crippen molar-refractivity contribution in [1.29, 1.82) is 0 Å². The fraction of sp³-hybridized carbons (Fsp3) is 0.267. The van der Waals surface area contributed by atoms with Gasteiger partial charge in [0.25, 0.3) is 0 Å². The van der Waals surface area contributed by atoms with Gasteiger partial charge in [0.15, 0.2) is 5.78 Å². The normalized spacial score (nSPS) is 10.6. The summed E-state index contributed by atoms with van der Waals surface area (Å²) in [7, 11) is 0. The summed E-state index contributed by atoms with van der Waals surface area (Å²) in [5, 5.41) is 14.5. The van der Waals surface area contributed by atoms with Gasteiger partial charge in [-0.25, -0.2) is 0 Å². The number of carbonyl (C=O) groups is 3. The topological polar surface area (TPSA) is 102 Å². The lowest BCUT2D eigenvalue weighted by molar-refractivity contribution is -0.255. The summed E-state index contributed by atoms with van der Waals surface area (Å²) in [4.78, 5) is 36.3. The fourth-order valence-electron chi connectivity index (χ4n) is 2.26. The number of carboxylic acids is 1. The Morgan fingerprint density at radius 2 is 1.95 bits per heavy atom. The Balaban J connectivity index is 2.48. The minimum atomic E-state index is -1.31. The van der Waals surface area contributed by atoms with Crippen LogP contribution < -0.4 is 10.4 Å². The monoisotopic (exact) mass is 287 g/mol. The quantitative estimate of drug-likeness (QED) is 0.778. The molecular weight excluding hydrogens is 272 g/mol. The van der Waals surface area contributed by atoms with Gasteiger partial charge in [-0.1, -0.05) is 0 Å². The first-order valence-corrected chi connectivity index (χ1v) is 6.51. The number of Topliss-reactive ketones (excluding diaryl/α,β-unsaturated/α-hetero) is 1. The average Bonchev–Trinajstić information content (AvgIpc) is 2.76. The van der Waals surface area contributed by atoms with E-state index >= 15 is 0 Å². The second kappa shape index (κ2) is 5.78. The Bertz CT molecular complexity index is 731. The van der Waals surface area contributed by atoms with Gasteiger partial charge in [-0.15, -0.1) is 0 Å². The van der Waals surface area contributed by atoms with Gasteiger partial charge >= 0.3 is 0 Å². The number of benzene rings is 1. The number of fused-ring (bicyclic) bond motifs is 1. The maximum absolute atomic E-state index is 11.4. The first kappa shape index (κ1) is 14.8. The number of aromatic carboxylic acids is 1. The molecule has 21 heavy (non-hydrogen) atoms. The van der Waals surface area contributed by atoms with Crippen molar-refractivity contribution in [1.82, 2.24) is 10.3 Å². The smallest absolute Gasteiger partial charge is 0.216 e. The zero-order valence-electron chi connectivity index (χ0n) is 11.8. The average molecular weight is 287 g/mol. The molecule has 2 aromatic rings. The van der Waals surface area contributed by atoms with E-state index in [2.05, 4.69) is 10.3 Å². The van der Waals surface area contributed by atoms with Crippen LogP contribution in [0.15, 0.2) is 18.2 Å². The SMILES string of the molecule is CC(=O)NCCc1c(C(=O)[O-])[nH]c2ccc(C(C)=O)cc12. The number of nitrogens with one attached hydrogen (secondary N) is 2. The van der Waals surface area contributed by atoms with E-state index in [0.29, 0.717) is 35.0 Å². The first-order valence-electron chi connectivity index (χ1n) is 6.51. The molecule has 0 bridgehead atoms. The summed E-state index contributed by atoms with van der Waals surface area (Å²) < 4.78 is 0. The van der Waals surface area contributed by atoms with Gasteiger partial charge in [0.1, 0.15) is 0 Å². The number of hydrogen-bond acceptors (Lipinski definition) is 4. The third kappa shape index (κ3) is 3.10. The minimum Gasteiger partial charge on any atom is -0.543 e. The molecule has 2 rings (SSSR count). The van der Waals surface area contributed by atoms with Crippen molar-refractivity contribution in [3.63, 3.8) is 0 Å². The number of carbonyl (C=O) groups excluding carboxylic acids is 3. The number of H-pyrrole nitrogens is 1. The molecule has 0 atom stereocenters. The molecule has 1 aromatic heterocycles. The van der Waals surface area contributed by atoms with E-state index in [9.17, 15) is 19.5 Å². The lowest BCUT2D eigenvalue weighted by atomic mass is 10.0. The summed E-state index contributed by atoms with van der Waals surface area (Å²) in [6.07, 6.45) is 0.338. The van der Waals surface area contributed by atoms with Gasteiger partial charge < -0.3 is 20.2 Å². The Morgan fingerprint density at radius 3 is 2.52 bits per heavy atom. The molecule has 110 valence electrons. The number of aromatic nitrogens is 1. The van der Waals surface area contributed by atoms with Gasteiger partial charge in [-0.05, 0) is 37.1 Å². The van der Waals surface area contributed by atoms with Crippen molar-refractivity contribution in [2.45, 2.75) is 20.3 Å². The van der Waals surface area contributed by atoms with Gasteiger partial charge in [0, 0.05) is 29.9 Å². The van der Waals surface area contributed by atoms with Crippen LogP contribution in [0.2, 0.25) is 0 Å². The van der Waals surface area contributed by atoms with Gasteiger partial charge in [-0.2, -0.15) is 0 Å². The van der Waals surface area contributed by atoms with Crippen LogP contribution in [0, 0.1) is 0 Å². The molecule has 2 N–H and O–H groups in total. The lowest BCUT2D eigenvalue weighted by Crippen LogP contribution is -2.26. The zero-order chi connectivity index (χ0) is 15.6. The number of ketones is 1. The fourth-order valence-corrected chi connectivity index (χ4v) is 2.26. The molecule has 0 aliphatic heterocycles. The summed E-state index contributed by atoms with van der Waals surface area (Å²) in [6, 6.07) is 4.96. The maximum atomic E-state index is 11.4. The van der Waals surface area contributed by atoms with Crippen LogP contribution in [0.4, 0.5) is 0 Å². The number of aromatic amines is 1. The highest BCUT2D eigenvalue weighted by atomic mass is 16.4. The van der Waals surface area contributed by atoms with Crippen LogP contribution in [0.3, 0.4) is 0 Å². The molecule has 6 heteroatoms. The maximum Gasteiger partial charge on any atom is 0.216 e. The van der Waals surface area contributed by atoms with E-state index in [4.69, 9.17) is 0 Å². The molecule has 1 amide bonds. The Morgan fingerprint density at radius 1 is 1.24 bits per heavy atom. The summed E-state index contributed by atoms with van der Waals surface area (Å²) in [6.45, 7) is 3.15. The standard InChI is InChI=1S/C15H16N2O4/c1-8(18)10-3-4-13-12(7-10)11(5-6-16-9(2)19)14(17-13)15(20)21/h3-4,7,17H,5-6H2,1-2H3,(H,16,19)(H,20,21)/p-1. The van der Waals surface area contributed by atoms with E-state index in [1.165, 1.54) is 13.8 Å². The molecule has 1 heterocycles. The number of amides is 1. The van der Waals surface area contributed by atoms with E-state index in [1.54, 1.807) is 18.2 Å². The number of carboxylic acid groups (broad SMARTS) is 1. The molecule has 1 aromatic carbocycles. The van der Waals surface area contributed by atoms with Crippen LogP contribution in [-0.4, -0.2) is 29.2 Å². The van der Waals surface area contributed by atoms with Crippen molar-refractivity contribution in [2.24, 2.45) is 0 Å². The Labute approximate surface area is 121 Å². The highest BCUT2D eigenvalue weighted by molar-refractivity contribution is 6.01. The van der Waals surface area contributed by atoms with Gasteiger partial charge in [0.05, 0.1) is 11.7 Å². The molecule has 0 radical (unpaired) electrons. The van der Waals surface area contributed by atoms with Crippen molar-refractivity contribution in [2.75, 3.05) is 6.54 Å². The second-order valence-electron chi connectivity index (χ2n) is 4.82. The van der Waals surface area contributed by atoms with Crippen LogP contribution in [0.25, 0.3) is 10.9 Å². The largest absolute Gasteiger partial charge is 0.543 e. The Kier molecular flexibility index (Phi) is 4.07. The van der Waals surface area contributed by atoms with E-state index in [1.807, 2.05) is 0 Å². The van der Waals surface area contributed by atoms with Crippen LogP contribution in [0.5, 0.6) is 0 Å². The molecular formula is C15H15N2O4-. The third-order valence-corrected chi connectivity index (χ3v) is 3.27. The highest BCUT2D eigenvalue weighted by Crippen LogP contribution is 2.24. The molecule has 6 nitrogen and oxygen atoms in total. The molecule has 0 unspecified atom stereocenters. The van der Waals surface area contributed by atoms with Crippen LogP contribution in [-0.2, 0) is 11.2 Å². The second-order valence-corrected chi connectivity index (χ2v) is 4.82. The number of hydrogen-bond donors (Lipinski definition) is 2. The van der Waals surface area contributed by atoms with Crippen molar-refractivity contribution in [3.8, 4) is 0 Å². The van der Waals surface area contributed by atoms with Crippen LogP contribution >= 0.6 is 0 Å². The third-order valence-electron chi connectivity index (χ3n) is 3.27. The summed E-state index contributed by atoms with van der Waals surface area (Å²) in [5.74, 6) is -1.59. The van der Waals surface area contributed by atoms with Crippen LogP contribution in [0.1, 0.15) is 40.3 Å². The Hall–Kier alpha value is -2.63. The predicted molar refractivity (Wildman–Crippen MR) is 75.0 cm³/mol. The molecule has 0 spiro atoms. The number of rotatable bonds is 5. The van der Waals surface area contributed by atoms with Crippen molar-refractivity contribution >= 4 is 28.6 Å². The molecule has 0 aliphatic carbocycles. The summed E-state index contributed by atoms with van der Waals surface area (Å²) >= 11 is 0. The van der Waals surface area contributed by atoms with Gasteiger partial charge in [-0.3, -0.25) is 9.59 Å². The molecule has 0 fully saturated rings. The molecule has 0 saturated heterocycles. The van der Waals surface area contributed by atoms with E-state index < -0.39 is 5.97 Å². The van der Waals surface area contributed by atoms with E-state index in [-0.39, 0.29) is 17.4 Å². The summed E-state index contributed by atoms with van der Waals surface area (Å²) in [5.41, 5.74) is 1.64. The van der Waals surface area contributed by atoms with E-state index in [0.717, 1.165) is 0 Å². The molecule has 0 aliphatic rings. The minimum absolute atomic E-state index is 0.0175. The van der Waals surface area contributed by atoms with Crippen molar-refractivity contribution < 1.29 is 19.5 Å². The first-order chi connectivity index (χ1) is 9.90. The molecule has 0 saturated carbocycles. The zero-order valence-corrected chi connectivity index (χ0v) is 11.8. The lowest BCUT2D eigenvalue weighted by Gasteiger charge is -2.06. The predicted octanol–water partition coefficient (Wildman–Crippen LogP) is 0.413.